The summed E-state index contributed by atoms with van der Waals surface area (Å²) in [4.78, 5) is 8.67. The van der Waals surface area contributed by atoms with Crippen LogP contribution in [0.3, 0.4) is 0 Å². The molecule has 0 saturated heterocycles. The maximum atomic E-state index is 6.07. The first-order chi connectivity index (χ1) is 9.06. The fourth-order valence-electron chi connectivity index (χ4n) is 1.88. The highest BCUT2D eigenvalue weighted by molar-refractivity contribution is 6.31. The number of aromatic nitrogens is 2. The molecule has 100 valence electrons. The lowest BCUT2D eigenvalue weighted by Crippen LogP contribution is -2.09. The normalized spacial score (nSPS) is 10.5. The first kappa shape index (κ1) is 13.8. The molecule has 0 aliphatic carbocycles. The van der Waals surface area contributed by atoms with Gasteiger partial charge in [0.25, 0.3) is 0 Å². The van der Waals surface area contributed by atoms with Crippen LogP contribution < -0.4 is 5.32 Å². The van der Waals surface area contributed by atoms with E-state index in [1.54, 1.807) is 0 Å². The van der Waals surface area contributed by atoms with Gasteiger partial charge in [-0.1, -0.05) is 41.4 Å². The van der Waals surface area contributed by atoms with Gasteiger partial charge in [-0.25, -0.2) is 9.97 Å². The number of nitrogens with one attached hydrogen (secondary N) is 1. The number of benzene rings is 1. The standard InChI is InChI=1S/C15H18ClN3/c1-10-5-4-6-13(9-10)7-8-17-15-14(16)18-11(2)12(3)19-15/h4-6,9H,7-8H2,1-3H3,(H,17,19). The van der Waals surface area contributed by atoms with E-state index >= 15 is 0 Å². The fraction of sp³-hybridized carbons (Fsp3) is 0.333. The summed E-state index contributed by atoms with van der Waals surface area (Å²) in [7, 11) is 0. The summed E-state index contributed by atoms with van der Waals surface area (Å²) in [5.74, 6) is 0.664. The van der Waals surface area contributed by atoms with E-state index in [2.05, 4.69) is 46.5 Å². The third-order valence-corrected chi connectivity index (χ3v) is 3.32. The van der Waals surface area contributed by atoms with Gasteiger partial charge in [0.1, 0.15) is 0 Å². The van der Waals surface area contributed by atoms with Gasteiger partial charge in [0, 0.05) is 6.54 Å². The van der Waals surface area contributed by atoms with E-state index in [-0.39, 0.29) is 0 Å². The average Bonchev–Trinajstić information content (AvgIpc) is 2.35. The van der Waals surface area contributed by atoms with Crippen molar-refractivity contribution in [2.45, 2.75) is 27.2 Å². The highest BCUT2D eigenvalue weighted by Gasteiger charge is 2.06. The molecule has 1 N–H and O–H groups in total. The summed E-state index contributed by atoms with van der Waals surface area (Å²) in [6.07, 6.45) is 0.937. The molecule has 1 aromatic heterocycles. The second kappa shape index (κ2) is 6.02. The van der Waals surface area contributed by atoms with Gasteiger partial charge in [0.05, 0.1) is 11.4 Å². The van der Waals surface area contributed by atoms with E-state index in [4.69, 9.17) is 11.6 Å². The molecule has 0 spiro atoms. The Labute approximate surface area is 119 Å². The van der Waals surface area contributed by atoms with Crippen LogP contribution in [0.4, 0.5) is 5.82 Å². The van der Waals surface area contributed by atoms with Crippen molar-refractivity contribution in [1.29, 1.82) is 0 Å². The largest absolute Gasteiger partial charge is 0.367 e. The summed E-state index contributed by atoms with van der Waals surface area (Å²) in [5.41, 5.74) is 4.36. The SMILES string of the molecule is Cc1cccc(CCNc2nc(C)c(C)nc2Cl)c1. The minimum Gasteiger partial charge on any atom is -0.367 e. The maximum absolute atomic E-state index is 6.07. The summed E-state index contributed by atoms with van der Waals surface area (Å²) in [6, 6.07) is 8.49. The lowest BCUT2D eigenvalue weighted by atomic mass is 10.1. The molecule has 0 unspecified atom stereocenters. The number of hydrogen-bond acceptors (Lipinski definition) is 3. The number of nitrogens with zero attached hydrogens (tertiary/aromatic N) is 2. The molecule has 2 rings (SSSR count). The van der Waals surface area contributed by atoms with Crippen LogP contribution in [0.2, 0.25) is 5.15 Å². The molecule has 1 aromatic carbocycles. The van der Waals surface area contributed by atoms with Crippen LogP contribution in [0.5, 0.6) is 0 Å². The van der Waals surface area contributed by atoms with Gasteiger partial charge in [-0.2, -0.15) is 0 Å². The lowest BCUT2D eigenvalue weighted by Gasteiger charge is -2.09. The Hall–Kier alpha value is -1.61. The van der Waals surface area contributed by atoms with Crippen LogP contribution in [0, 0.1) is 20.8 Å². The van der Waals surface area contributed by atoms with Crippen molar-refractivity contribution < 1.29 is 0 Å². The van der Waals surface area contributed by atoms with Gasteiger partial charge in [-0.15, -0.1) is 0 Å². The summed E-state index contributed by atoms with van der Waals surface area (Å²) >= 11 is 6.07. The van der Waals surface area contributed by atoms with Gasteiger partial charge < -0.3 is 5.32 Å². The topological polar surface area (TPSA) is 37.8 Å². The van der Waals surface area contributed by atoms with Crippen LogP contribution in [0.1, 0.15) is 22.5 Å². The summed E-state index contributed by atoms with van der Waals surface area (Å²) in [5, 5.41) is 3.68. The van der Waals surface area contributed by atoms with E-state index in [9.17, 15) is 0 Å². The molecule has 0 fully saturated rings. The Bertz CT molecular complexity index is 582. The third kappa shape index (κ3) is 3.67. The second-order valence-corrected chi connectivity index (χ2v) is 5.06. The van der Waals surface area contributed by atoms with Crippen molar-refractivity contribution >= 4 is 17.4 Å². The van der Waals surface area contributed by atoms with E-state index in [1.807, 2.05) is 13.8 Å². The molecule has 0 aliphatic heterocycles. The molecule has 0 radical (unpaired) electrons. The van der Waals surface area contributed by atoms with E-state index in [1.165, 1.54) is 11.1 Å². The summed E-state index contributed by atoms with van der Waals surface area (Å²) in [6.45, 7) is 6.73. The molecule has 0 bridgehead atoms. The zero-order valence-corrected chi connectivity index (χ0v) is 12.3. The Morgan fingerprint density at radius 2 is 1.84 bits per heavy atom. The average molecular weight is 276 g/mol. The van der Waals surface area contributed by atoms with Crippen molar-refractivity contribution in [1.82, 2.24) is 9.97 Å². The lowest BCUT2D eigenvalue weighted by molar-refractivity contribution is 0.976. The van der Waals surface area contributed by atoms with Crippen LogP contribution in [-0.4, -0.2) is 16.5 Å². The highest BCUT2D eigenvalue weighted by atomic mass is 35.5. The fourth-order valence-corrected chi connectivity index (χ4v) is 2.12. The molecule has 3 nitrogen and oxygen atoms in total. The molecule has 1 heterocycles. The molecule has 4 heteroatoms. The Balaban J connectivity index is 1.98. The van der Waals surface area contributed by atoms with Gasteiger partial charge in [-0.3, -0.25) is 0 Å². The quantitative estimate of drug-likeness (QED) is 0.924. The molecular formula is C15H18ClN3. The number of hydrogen-bond donors (Lipinski definition) is 1. The van der Waals surface area contributed by atoms with Gasteiger partial charge in [-0.05, 0) is 32.8 Å². The Morgan fingerprint density at radius 3 is 2.58 bits per heavy atom. The number of anilines is 1. The number of rotatable bonds is 4. The van der Waals surface area contributed by atoms with E-state index in [0.29, 0.717) is 11.0 Å². The molecule has 0 amide bonds. The zero-order valence-electron chi connectivity index (χ0n) is 11.5. The van der Waals surface area contributed by atoms with Crippen molar-refractivity contribution in [3.8, 4) is 0 Å². The minimum atomic E-state index is 0.437. The third-order valence-electron chi connectivity index (χ3n) is 3.05. The van der Waals surface area contributed by atoms with Gasteiger partial charge in [0.2, 0.25) is 0 Å². The molecule has 19 heavy (non-hydrogen) atoms. The smallest absolute Gasteiger partial charge is 0.171 e. The molecule has 2 aromatic rings. The first-order valence-corrected chi connectivity index (χ1v) is 6.74. The van der Waals surface area contributed by atoms with Crippen LogP contribution in [0.15, 0.2) is 24.3 Å². The molecule has 0 aliphatic rings. The van der Waals surface area contributed by atoms with Crippen molar-refractivity contribution in [2.75, 3.05) is 11.9 Å². The number of aryl methyl sites for hydroxylation is 3. The maximum Gasteiger partial charge on any atom is 0.171 e. The van der Waals surface area contributed by atoms with Gasteiger partial charge >= 0.3 is 0 Å². The Morgan fingerprint density at radius 1 is 1.11 bits per heavy atom. The van der Waals surface area contributed by atoms with Crippen LogP contribution in [0.25, 0.3) is 0 Å². The minimum absolute atomic E-state index is 0.437. The van der Waals surface area contributed by atoms with Gasteiger partial charge in [0.15, 0.2) is 11.0 Å². The van der Waals surface area contributed by atoms with Crippen LogP contribution >= 0.6 is 11.6 Å². The molecular weight excluding hydrogens is 258 g/mol. The first-order valence-electron chi connectivity index (χ1n) is 6.36. The monoisotopic (exact) mass is 275 g/mol. The van der Waals surface area contributed by atoms with Crippen LogP contribution in [-0.2, 0) is 6.42 Å². The molecule has 0 saturated carbocycles. The highest BCUT2D eigenvalue weighted by Crippen LogP contribution is 2.18. The van der Waals surface area contributed by atoms with E-state index in [0.717, 1.165) is 24.4 Å². The second-order valence-electron chi connectivity index (χ2n) is 4.70. The molecule has 0 atom stereocenters. The van der Waals surface area contributed by atoms with E-state index < -0.39 is 0 Å². The number of halogens is 1. The Kier molecular flexibility index (Phi) is 4.38. The van der Waals surface area contributed by atoms with Crippen molar-refractivity contribution in [3.05, 3.63) is 51.9 Å². The zero-order chi connectivity index (χ0) is 13.8. The predicted octanol–water partition coefficient (Wildman–Crippen LogP) is 3.71. The van der Waals surface area contributed by atoms with Crippen molar-refractivity contribution in [2.24, 2.45) is 0 Å². The van der Waals surface area contributed by atoms with Crippen molar-refractivity contribution in [3.63, 3.8) is 0 Å². The predicted molar refractivity (Wildman–Crippen MR) is 79.9 cm³/mol. The summed E-state index contributed by atoms with van der Waals surface area (Å²) < 4.78 is 0.